The lowest BCUT2D eigenvalue weighted by Crippen LogP contribution is -2.10. The molecule has 0 N–H and O–H groups in total. The van der Waals surface area contributed by atoms with Gasteiger partial charge in [0, 0.05) is 38.5 Å². The quantitative estimate of drug-likeness (QED) is 0.167. The van der Waals surface area contributed by atoms with Gasteiger partial charge in [-0.15, -0.1) is 0 Å². The van der Waals surface area contributed by atoms with Crippen LogP contribution in [0.4, 0.5) is 17.1 Å². The molecule has 0 bridgehead atoms. The zero-order chi connectivity index (χ0) is 37.9. The lowest BCUT2D eigenvalue weighted by atomic mass is 9.89. The van der Waals surface area contributed by atoms with Crippen molar-refractivity contribution in [2.75, 3.05) is 4.90 Å². The SMILES string of the molecule is c1ccc(-c2cc3c(N(c4ccccc4)c4ccc5c6ccccc6c6ccccc6c5c4)ccc4c3c3c2oc2cccc(c23)-c2cc3ccccc3cc2-4)cc1. The van der Waals surface area contributed by atoms with Gasteiger partial charge in [0.1, 0.15) is 11.2 Å². The second-order valence-electron chi connectivity index (χ2n) is 15.6. The molecule has 0 unspecified atom stereocenters. The van der Waals surface area contributed by atoms with Crippen LogP contribution in [0.5, 0.6) is 0 Å². The summed E-state index contributed by atoms with van der Waals surface area (Å²) in [5.74, 6) is 0. The number of benzene rings is 11. The molecule has 12 aromatic rings. The van der Waals surface area contributed by atoms with Crippen LogP contribution in [0.2, 0.25) is 0 Å². The third kappa shape index (κ3) is 4.37. The number of hydrogen-bond acceptors (Lipinski definition) is 2. The summed E-state index contributed by atoms with van der Waals surface area (Å²) in [6.45, 7) is 0. The summed E-state index contributed by atoms with van der Waals surface area (Å²) in [4.78, 5) is 2.46. The molecule has 268 valence electrons. The van der Waals surface area contributed by atoms with E-state index in [2.05, 4.69) is 205 Å². The Hall–Kier alpha value is -7.68. The summed E-state index contributed by atoms with van der Waals surface area (Å²) in [5.41, 5.74) is 12.2. The topological polar surface area (TPSA) is 16.4 Å². The van der Waals surface area contributed by atoms with Crippen LogP contribution < -0.4 is 4.90 Å². The summed E-state index contributed by atoms with van der Waals surface area (Å²) in [5, 5.41) is 14.8. The number of furan rings is 1. The maximum absolute atomic E-state index is 7.00. The van der Waals surface area contributed by atoms with Gasteiger partial charge in [-0.1, -0.05) is 146 Å². The third-order valence-electron chi connectivity index (χ3n) is 12.5. The van der Waals surface area contributed by atoms with Crippen LogP contribution in [0, 0.1) is 0 Å². The van der Waals surface area contributed by atoms with E-state index in [1.165, 1.54) is 86.9 Å². The first kappa shape index (κ1) is 31.5. The van der Waals surface area contributed by atoms with Gasteiger partial charge in [0.05, 0.1) is 5.69 Å². The summed E-state index contributed by atoms with van der Waals surface area (Å²) in [6, 6.07) is 73.4. The van der Waals surface area contributed by atoms with E-state index in [0.717, 1.165) is 39.4 Å². The number of anilines is 3. The van der Waals surface area contributed by atoms with E-state index < -0.39 is 0 Å². The van der Waals surface area contributed by atoms with Gasteiger partial charge in [0.25, 0.3) is 0 Å². The number of fused-ring (bicyclic) bond motifs is 10. The molecule has 0 spiro atoms. The lowest BCUT2D eigenvalue weighted by Gasteiger charge is -2.28. The molecule has 58 heavy (non-hydrogen) atoms. The van der Waals surface area contributed by atoms with Gasteiger partial charge >= 0.3 is 0 Å². The molecule has 1 aromatic heterocycles. The number of para-hydroxylation sites is 1. The Morgan fingerprint density at radius 3 is 1.59 bits per heavy atom. The zero-order valence-electron chi connectivity index (χ0n) is 31.4. The fourth-order valence-electron chi connectivity index (χ4n) is 10.0. The lowest BCUT2D eigenvalue weighted by molar-refractivity contribution is 0.670. The van der Waals surface area contributed by atoms with Crippen molar-refractivity contribution in [3.63, 3.8) is 0 Å². The monoisotopic (exact) mass is 735 g/mol. The molecule has 0 radical (unpaired) electrons. The molecule has 0 saturated carbocycles. The maximum atomic E-state index is 7.00. The zero-order valence-corrected chi connectivity index (χ0v) is 31.4. The van der Waals surface area contributed by atoms with Gasteiger partial charge < -0.3 is 9.32 Å². The predicted octanol–water partition coefficient (Wildman–Crippen LogP) is 16.1. The van der Waals surface area contributed by atoms with Crippen molar-refractivity contribution in [2.24, 2.45) is 0 Å². The molecular weight excluding hydrogens is 703 g/mol. The molecule has 1 aliphatic rings. The highest BCUT2D eigenvalue weighted by Gasteiger charge is 2.29. The second-order valence-corrected chi connectivity index (χ2v) is 15.6. The van der Waals surface area contributed by atoms with E-state index in [1.54, 1.807) is 0 Å². The Labute approximate surface area is 334 Å². The van der Waals surface area contributed by atoms with Crippen LogP contribution in [-0.4, -0.2) is 0 Å². The third-order valence-corrected chi connectivity index (χ3v) is 12.5. The molecule has 13 rings (SSSR count). The Morgan fingerprint density at radius 1 is 0.310 bits per heavy atom. The number of rotatable bonds is 4. The van der Waals surface area contributed by atoms with Gasteiger partial charge in [-0.25, -0.2) is 0 Å². The maximum Gasteiger partial charge on any atom is 0.143 e. The molecule has 0 atom stereocenters. The summed E-state index contributed by atoms with van der Waals surface area (Å²) >= 11 is 0. The van der Waals surface area contributed by atoms with Gasteiger partial charge in [0.2, 0.25) is 0 Å². The first-order valence-electron chi connectivity index (χ1n) is 20.0. The van der Waals surface area contributed by atoms with Crippen molar-refractivity contribution in [3.05, 3.63) is 200 Å². The predicted molar refractivity (Wildman–Crippen MR) is 246 cm³/mol. The minimum absolute atomic E-state index is 0.906. The van der Waals surface area contributed by atoms with Crippen molar-refractivity contribution in [2.45, 2.75) is 0 Å². The fourth-order valence-corrected chi connectivity index (χ4v) is 10.0. The van der Waals surface area contributed by atoms with Crippen molar-refractivity contribution in [1.29, 1.82) is 0 Å². The average molecular weight is 736 g/mol. The van der Waals surface area contributed by atoms with E-state index >= 15 is 0 Å². The van der Waals surface area contributed by atoms with Crippen molar-refractivity contribution in [3.8, 4) is 33.4 Å². The van der Waals surface area contributed by atoms with Crippen LogP contribution in [0.3, 0.4) is 0 Å². The van der Waals surface area contributed by atoms with Gasteiger partial charge in [-0.2, -0.15) is 0 Å². The average Bonchev–Trinajstić information content (AvgIpc) is 3.64. The molecule has 0 saturated heterocycles. The minimum Gasteiger partial charge on any atom is -0.455 e. The molecule has 1 aliphatic carbocycles. The molecule has 1 heterocycles. The van der Waals surface area contributed by atoms with Gasteiger partial charge in [-0.05, 0) is 126 Å². The molecule has 11 aromatic carbocycles. The normalized spacial score (nSPS) is 12.1. The first-order valence-corrected chi connectivity index (χ1v) is 20.0. The second kappa shape index (κ2) is 11.9. The van der Waals surface area contributed by atoms with Crippen molar-refractivity contribution >= 4 is 92.9 Å². The Bertz CT molecular complexity index is 3640. The van der Waals surface area contributed by atoms with E-state index in [9.17, 15) is 0 Å². The summed E-state index contributed by atoms with van der Waals surface area (Å²) in [6.07, 6.45) is 0. The Balaban J connectivity index is 1.19. The highest BCUT2D eigenvalue weighted by molar-refractivity contribution is 6.33. The Morgan fingerprint density at radius 2 is 0.897 bits per heavy atom. The van der Waals surface area contributed by atoms with Crippen molar-refractivity contribution in [1.82, 2.24) is 0 Å². The Kier molecular flexibility index (Phi) is 6.47. The molecule has 2 heteroatoms. The number of hydrogen-bond donors (Lipinski definition) is 0. The fraction of sp³-hybridized carbons (Fsp3) is 0. The van der Waals surface area contributed by atoms with E-state index in [-0.39, 0.29) is 0 Å². The standard InChI is InChI=1S/C56H33NO/c1-3-14-34(15-4-1)46-33-50-51(29-28-45-48-31-36-17-8-7-16-35(36)30-47(48)44-24-13-25-52-54(44)55(53(45)50)56(46)58-52)57(37-18-5-2-6-19-37)38-26-27-43-41-22-10-9-20-39(41)40-21-11-12-23-42(40)49(43)32-38/h1-33H. The molecule has 2 nitrogen and oxygen atoms in total. The molecule has 0 fully saturated rings. The van der Waals surface area contributed by atoms with Crippen LogP contribution in [-0.2, 0) is 0 Å². The smallest absolute Gasteiger partial charge is 0.143 e. The molecule has 0 aliphatic heterocycles. The number of nitrogens with zero attached hydrogens (tertiary/aromatic N) is 1. The summed E-state index contributed by atoms with van der Waals surface area (Å²) in [7, 11) is 0. The minimum atomic E-state index is 0.906. The van der Waals surface area contributed by atoms with Crippen LogP contribution >= 0.6 is 0 Å². The van der Waals surface area contributed by atoms with Crippen LogP contribution in [0.1, 0.15) is 0 Å². The summed E-state index contributed by atoms with van der Waals surface area (Å²) < 4.78 is 7.00. The van der Waals surface area contributed by atoms with E-state index in [1.807, 2.05) is 0 Å². The van der Waals surface area contributed by atoms with Crippen LogP contribution in [0.25, 0.3) is 109 Å². The van der Waals surface area contributed by atoms with Gasteiger partial charge in [0.15, 0.2) is 0 Å². The highest BCUT2D eigenvalue weighted by Crippen LogP contribution is 2.54. The van der Waals surface area contributed by atoms with E-state index in [0.29, 0.717) is 0 Å². The van der Waals surface area contributed by atoms with Gasteiger partial charge in [-0.3, -0.25) is 0 Å². The first-order chi connectivity index (χ1) is 28.8. The van der Waals surface area contributed by atoms with E-state index in [4.69, 9.17) is 4.42 Å². The molecule has 0 amide bonds. The highest BCUT2D eigenvalue weighted by atomic mass is 16.3. The molecular formula is C56H33NO. The van der Waals surface area contributed by atoms with Crippen molar-refractivity contribution < 1.29 is 4.42 Å². The largest absolute Gasteiger partial charge is 0.455 e. The van der Waals surface area contributed by atoms with Crippen LogP contribution in [0.15, 0.2) is 205 Å².